The van der Waals surface area contributed by atoms with E-state index in [9.17, 15) is 9.59 Å². The molecule has 0 N–H and O–H groups in total. The number of methoxy groups -OCH3 is 1. The maximum atomic E-state index is 12.2. The van der Waals surface area contributed by atoms with Crippen molar-refractivity contribution in [3.8, 4) is 0 Å². The zero-order valence-electron chi connectivity index (χ0n) is 16.6. The van der Waals surface area contributed by atoms with E-state index in [1.165, 1.54) is 7.11 Å². The van der Waals surface area contributed by atoms with Crippen LogP contribution in [-0.4, -0.2) is 42.9 Å². The summed E-state index contributed by atoms with van der Waals surface area (Å²) in [5.74, 6) is 0.222. The first kappa shape index (κ1) is 20.3. The number of rotatable bonds is 5. The average molecular weight is 366 g/mol. The molecule has 1 fully saturated rings. The van der Waals surface area contributed by atoms with Crippen molar-refractivity contribution in [1.29, 1.82) is 0 Å². The summed E-state index contributed by atoms with van der Waals surface area (Å²) in [7, 11) is 1.37. The smallest absolute Gasteiger partial charge is 0.316 e. The van der Waals surface area contributed by atoms with Crippen molar-refractivity contribution < 1.29 is 23.6 Å². The Morgan fingerprint density at radius 1 is 1.27 bits per heavy atom. The number of carbonyl (C=O) groups is 2. The number of hydrogen-bond donors (Lipinski definition) is 0. The Morgan fingerprint density at radius 2 is 1.88 bits per heavy atom. The number of carbonyl (C=O) groups excluding carboxylic acids is 2. The molecule has 2 rings (SSSR count). The lowest BCUT2D eigenvalue weighted by Gasteiger charge is -2.32. The van der Waals surface area contributed by atoms with Crippen LogP contribution in [0.4, 0.5) is 5.82 Å². The van der Waals surface area contributed by atoms with Crippen LogP contribution in [0.2, 0.25) is 0 Å². The molecular weight excluding hydrogens is 336 g/mol. The number of nitrogens with zero attached hydrogens (tertiary/aromatic N) is 2. The molecule has 1 aromatic rings. The first-order valence-corrected chi connectivity index (χ1v) is 9.14. The fourth-order valence-electron chi connectivity index (χ4n) is 3.15. The van der Waals surface area contributed by atoms with Crippen LogP contribution in [0.1, 0.15) is 59.1 Å². The predicted molar refractivity (Wildman–Crippen MR) is 96.9 cm³/mol. The van der Waals surface area contributed by atoms with Gasteiger partial charge in [0, 0.05) is 19.2 Å². The molecule has 2 heterocycles. The molecule has 0 amide bonds. The number of ether oxygens (including phenoxy) is 2. The van der Waals surface area contributed by atoms with Gasteiger partial charge in [-0.05, 0) is 39.5 Å². The van der Waals surface area contributed by atoms with Gasteiger partial charge in [0.1, 0.15) is 11.5 Å². The van der Waals surface area contributed by atoms with E-state index in [0.717, 1.165) is 0 Å². The van der Waals surface area contributed by atoms with E-state index in [0.29, 0.717) is 37.5 Å². The third kappa shape index (κ3) is 4.99. The molecule has 0 aromatic carbocycles. The lowest BCUT2D eigenvalue weighted by atomic mass is 9.93. The van der Waals surface area contributed by atoms with Gasteiger partial charge in [-0.25, -0.2) is 0 Å². The summed E-state index contributed by atoms with van der Waals surface area (Å²) in [6.07, 6.45) is 1.42. The van der Waals surface area contributed by atoms with Gasteiger partial charge in [-0.2, -0.15) is 0 Å². The maximum absolute atomic E-state index is 12.2. The molecule has 1 unspecified atom stereocenters. The predicted octanol–water partition coefficient (Wildman–Crippen LogP) is 3.15. The van der Waals surface area contributed by atoms with Gasteiger partial charge < -0.3 is 18.9 Å². The number of aromatic nitrogens is 1. The first-order chi connectivity index (χ1) is 12.1. The Bertz CT molecular complexity index is 624. The van der Waals surface area contributed by atoms with Gasteiger partial charge >= 0.3 is 11.9 Å². The summed E-state index contributed by atoms with van der Waals surface area (Å²) in [5.41, 5.74) is -0.463. The fourth-order valence-corrected chi connectivity index (χ4v) is 3.15. The zero-order valence-corrected chi connectivity index (χ0v) is 16.6. The van der Waals surface area contributed by atoms with Crippen LogP contribution in [0.15, 0.2) is 10.6 Å². The van der Waals surface area contributed by atoms with E-state index < -0.39 is 11.5 Å². The monoisotopic (exact) mass is 366 g/mol. The number of hydrogen-bond acceptors (Lipinski definition) is 7. The van der Waals surface area contributed by atoms with Crippen molar-refractivity contribution in [3.63, 3.8) is 0 Å². The van der Waals surface area contributed by atoms with Gasteiger partial charge in [0.15, 0.2) is 11.6 Å². The minimum Gasteiger partial charge on any atom is -0.468 e. The Labute approximate surface area is 155 Å². The molecule has 1 aromatic heterocycles. The van der Waals surface area contributed by atoms with Crippen LogP contribution in [-0.2, 0) is 19.1 Å². The third-order valence-corrected chi connectivity index (χ3v) is 4.50. The van der Waals surface area contributed by atoms with Gasteiger partial charge in [0.25, 0.3) is 0 Å². The number of anilines is 1. The Morgan fingerprint density at radius 3 is 2.38 bits per heavy atom. The molecule has 1 aliphatic rings. The standard InChI is InChI=1S/C19H30N2O5/c1-12(2)16(18(23)24-6)14-11-15(20-26-14)21-9-7-13(8-10-21)17(22)25-19(3,4)5/h11-13,16H,7-10H2,1-6H3. The second-order valence-electron chi connectivity index (χ2n) is 8.13. The molecule has 1 saturated heterocycles. The lowest BCUT2D eigenvalue weighted by Crippen LogP contribution is -2.39. The highest BCUT2D eigenvalue weighted by molar-refractivity contribution is 5.77. The van der Waals surface area contributed by atoms with Gasteiger partial charge in [-0.1, -0.05) is 19.0 Å². The normalized spacial score (nSPS) is 17.3. The third-order valence-electron chi connectivity index (χ3n) is 4.50. The zero-order chi connectivity index (χ0) is 19.5. The summed E-state index contributed by atoms with van der Waals surface area (Å²) in [6.45, 7) is 10.9. The van der Waals surface area contributed by atoms with E-state index >= 15 is 0 Å². The van der Waals surface area contributed by atoms with E-state index in [2.05, 4.69) is 10.1 Å². The van der Waals surface area contributed by atoms with Gasteiger partial charge in [0.2, 0.25) is 0 Å². The second kappa shape index (κ2) is 8.10. The molecule has 0 spiro atoms. The van der Waals surface area contributed by atoms with Crippen LogP contribution in [0.3, 0.4) is 0 Å². The van der Waals surface area contributed by atoms with Gasteiger partial charge in [-0.3, -0.25) is 9.59 Å². The van der Waals surface area contributed by atoms with Crippen LogP contribution < -0.4 is 4.90 Å². The molecule has 7 heteroatoms. The van der Waals surface area contributed by atoms with Crippen molar-refractivity contribution in [2.45, 2.75) is 59.0 Å². The molecule has 0 aliphatic carbocycles. The Balaban J connectivity index is 1.99. The van der Waals surface area contributed by atoms with Gasteiger partial charge in [0.05, 0.1) is 13.0 Å². The summed E-state index contributed by atoms with van der Waals surface area (Å²) in [4.78, 5) is 26.3. The maximum Gasteiger partial charge on any atom is 0.316 e. The SMILES string of the molecule is COC(=O)C(c1cc(N2CCC(C(=O)OC(C)(C)C)CC2)no1)C(C)C. The van der Waals surface area contributed by atoms with Crippen LogP contribution in [0.25, 0.3) is 0 Å². The van der Waals surface area contributed by atoms with Crippen molar-refractivity contribution in [1.82, 2.24) is 5.16 Å². The highest BCUT2D eigenvalue weighted by Gasteiger charge is 2.32. The quantitative estimate of drug-likeness (QED) is 0.740. The van der Waals surface area contributed by atoms with Crippen LogP contribution in [0.5, 0.6) is 0 Å². The van der Waals surface area contributed by atoms with Crippen LogP contribution in [0, 0.1) is 11.8 Å². The average Bonchev–Trinajstić information content (AvgIpc) is 3.02. The highest BCUT2D eigenvalue weighted by Crippen LogP contribution is 2.31. The first-order valence-electron chi connectivity index (χ1n) is 9.14. The Kier molecular flexibility index (Phi) is 6.31. The molecular formula is C19H30N2O5. The summed E-state index contributed by atoms with van der Waals surface area (Å²) >= 11 is 0. The van der Waals surface area contributed by atoms with Crippen molar-refractivity contribution in [2.75, 3.05) is 25.1 Å². The minimum absolute atomic E-state index is 0.0427. The van der Waals surface area contributed by atoms with Crippen molar-refractivity contribution in [3.05, 3.63) is 11.8 Å². The van der Waals surface area contributed by atoms with Crippen molar-refractivity contribution >= 4 is 17.8 Å². The molecule has 7 nitrogen and oxygen atoms in total. The lowest BCUT2D eigenvalue weighted by molar-refractivity contribution is -0.160. The van der Waals surface area contributed by atoms with E-state index in [4.69, 9.17) is 14.0 Å². The second-order valence-corrected chi connectivity index (χ2v) is 8.13. The molecule has 1 aliphatic heterocycles. The molecule has 146 valence electrons. The van der Waals surface area contributed by atoms with E-state index in [1.54, 1.807) is 6.07 Å². The van der Waals surface area contributed by atoms with E-state index in [1.807, 2.05) is 34.6 Å². The fraction of sp³-hybridized carbons (Fsp3) is 0.737. The summed E-state index contributed by atoms with van der Waals surface area (Å²) < 4.78 is 15.8. The number of esters is 2. The summed E-state index contributed by atoms with van der Waals surface area (Å²) in [5, 5.41) is 4.12. The van der Waals surface area contributed by atoms with E-state index in [-0.39, 0.29) is 23.8 Å². The minimum atomic E-state index is -0.472. The topological polar surface area (TPSA) is 81.9 Å². The molecule has 26 heavy (non-hydrogen) atoms. The van der Waals surface area contributed by atoms with Gasteiger partial charge in [-0.15, -0.1) is 0 Å². The molecule has 1 atom stereocenters. The largest absolute Gasteiger partial charge is 0.468 e. The van der Waals surface area contributed by atoms with Crippen molar-refractivity contribution in [2.24, 2.45) is 11.8 Å². The molecule has 0 bridgehead atoms. The summed E-state index contributed by atoms with van der Waals surface area (Å²) in [6, 6.07) is 1.80. The molecule has 0 saturated carbocycles. The number of piperidine rings is 1. The highest BCUT2D eigenvalue weighted by atomic mass is 16.6. The Hall–Kier alpha value is -2.05. The molecule has 0 radical (unpaired) electrons. The van der Waals surface area contributed by atoms with Crippen LogP contribution >= 0.6 is 0 Å².